The summed E-state index contributed by atoms with van der Waals surface area (Å²) in [5.41, 5.74) is 3.88. The van der Waals surface area contributed by atoms with Crippen LogP contribution in [-0.2, 0) is 0 Å². The van der Waals surface area contributed by atoms with Gasteiger partial charge in [-0.25, -0.2) is 4.98 Å². The molecule has 0 spiro atoms. The summed E-state index contributed by atoms with van der Waals surface area (Å²) < 4.78 is 5.17. The summed E-state index contributed by atoms with van der Waals surface area (Å²) >= 11 is 5.92. The Labute approximate surface area is 139 Å². The molecule has 0 radical (unpaired) electrons. The Kier molecular flexibility index (Phi) is 4.40. The molecule has 0 unspecified atom stereocenters. The molecular formula is C19H14ClNO2. The monoisotopic (exact) mass is 323 g/mol. The van der Waals surface area contributed by atoms with Crippen LogP contribution in [0.4, 0.5) is 0 Å². The van der Waals surface area contributed by atoms with E-state index in [1.807, 2.05) is 36.4 Å². The maximum absolute atomic E-state index is 11.3. The maximum atomic E-state index is 11.3. The number of pyridine rings is 1. The summed E-state index contributed by atoms with van der Waals surface area (Å²) in [7, 11) is 1.62. The van der Waals surface area contributed by atoms with Gasteiger partial charge in [0.1, 0.15) is 12.0 Å². The average Bonchev–Trinajstić information content (AvgIpc) is 2.62. The Bertz CT molecular complexity index is 827. The molecule has 0 aliphatic carbocycles. The molecule has 114 valence electrons. The summed E-state index contributed by atoms with van der Waals surface area (Å²) in [6.07, 6.45) is 0.828. The second-order valence-corrected chi connectivity index (χ2v) is 5.46. The van der Waals surface area contributed by atoms with Crippen LogP contribution in [0.5, 0.6) is 5.75 Å². The van der Waals surface area contributed by atoms with Gasteiger partial charge in [-0.1, -0.05) is 23.7 Å². The first kappa shape index (κ1) is 15.3. The van der Waals surface area contributed by atoms with Crippen LogP contribution in [0.2, 0.25) is 5.02 Å². The third kappa shape index (κ3) is 3.41. The quantitative estimate of drug-likeness (QED) is 0.642. The Morgan fingerprint density at radius 3 is 1.91 bits per heavy atom. The van der Waals surface area contributed by atoms with Crippen LogP contribution < -0.4 is 4.74 Å². The van der Waals surface area contributed by atoms with E-state index in [2.05, 4.69) is 4.98 Å². The minimum atomic E-state index is 0.579. The highest BCUT2D eigenvalue weighted by Gasteiger charge is 2.07. The molecular weight excluding hydrogens is 310 g/mol. The summed E-state index contributed by atoms with van der Waals surface area (Å²) in [4.78, 5) is 15.9. The number of aromatic nitrogens is 1. The number of nitrogens with zero attached hydrogens (tertiary/aromatic N) is 1. The van der Waals surface area contributed by atoms with Gasteiger partial charge in [-0.2, -0.15) is 0 Å². The molecule has 4 heteroatoms. The van der Waals surface area contributed by atoms with Crippen molar-refractivity contribution in [1.82, 2.24) is 4.98 Å². The Morgan fingerprint density at radius 2 is 1.43 bits per heavy atom. The van der Waals surface area contributed by atoms with Gasteiger partial charge < -0.3 is 4.74 Å². The van der Waals surface area contributed by atoms with E-state index in [4.69, 9.17) is 16.3 Å². The van der Waals surface area contributed by atoms with Crippen molar-refractivity contribution in [3.63, 3.8) is 0 Å². The average molecular weight is 324 g/mol. The summed E-state index contributed by atoms with van der Waals surface area (Å²) in [6.45, 7) is 0. The SMILES string of the molecule is COc1ccc(-c2cc(C=O)cc(-c3ccc(Cl)cc3)n2)cc1. The summed E-state index contributed by atoms with van der Waals surface area (Å²) in [6, 6.07) is 18.5. The van der Waals surface area contributed by atoms with E-state index in [9.17, 15) is 4.79 Å². The molecule has 0 atom stereocenters. The van der Waals surface area contributed by atoms with Crippen LogP contribution in [0.1, 0.15) is 10.4 Å². The molecule has 3 nitrogen and oxygen atoms in total. The topological polar surface area (TPSA) is 39.2 Å². The zero-order valence-corrected chi connectivity index (χ0v) is 13.2. The minimum absolute atomic E-state index is 0.579. The predicted molar refractivity (Wildman–Crippen MR) is 92.1 cm³/mol. The Balaban J connectivity index is 2.08. The molecule has 0 saturated heterocycles. The van der Waals surface area contributed by atoms with Crippen LogP contribution in [0.3, 0.4) is 0 Å². The van der Waals surface area contributed by atoms with Crippen LogP contribution in [-0.4, -0.2) is 18.4 Å². The van der Waals surface area contributed by atoms with Gasteiger partial charge in [0.2, 0.25) is 0 Å². The molecule has 3 aromatic rings. The summed E-state index contributed by atoms with van der Waals surface area (Å²) in [5, 5.41) is 0.663. The molecule has 0 N–H and O–H groups in total. The zero-order valence-electron chi connectivity index (χ0n) is 12.5. The highest BCUT2D eigenvalue weighted by molar-refractivity contribution is 6.30. The molecule has 23 heavy (non-hydrogen) atoms. The lowest BCUT2D eigenvalue weighted by molar-refractivity contribution is 0.112. The molecule has 0 aliphatic heterocycles. The molecule has 0 aliphatic rings. The largest absolute Gasteiger partial charge is 0.497 e. The first-order valence-electron chi connectivity index (χ1n) is 7.07. The fourth-order valence-corrected chi connectivity index (χ4v) is 2.42. The van der Waals surface area contributed by atoms with Gasteiger partial charge in [-0.05, 0) is 48.5 Å². The van der Waals surface area contributed by atoms with Gasteiger partial charge in [0.25, 0.3) is 0 Å². The van der Waals surface area contributed by atoms with Gasteiger partial charge in [0.05, 0.1) is 18.5 Å². The molecule has 1 aromatic heterocycles. The Hall–Kier alpha value is -2.65. The van der Waals surface area contributed by atoms with Crippen molar-refractivity contribution in [3.05, 3.63) is 71.2 Å². The number of benzene rings is 2. The van der Waals surface area contributed by atoms with Crippen LogP contribution in [0.25, 0.3) is 22.5 Å². The number of methoxy groups -OCH3 is 1. The van der Waals surface area contributed by atoms with Gasteiger partial charge in [0.15, 0.2) is 0 Å². The van der Waals surface area contributed by atoms with E-state index in [1.54, 1.807) is 31.4 Å². The van der Waals surface area contributed by atoms with Crippen molar-refractivity contribution in [2.45, 2.75) is 0 Å². The number of aldehydes is 1. The highest BCUT2D eigenvalue weighted by atomic mass is 35.5. The van der Waals surface area contributed by atoms with Crippen molar-refractivity contribution in [3.8, 4) is 28.3 Å². The molecule has 2 aromatic carbocycles. The van der Waals surface area contributed by atoms with Gasteiger partial charge in [-0.3, -0.25) is 4.79 Å². The molecule has 0 saturated carbocycles. The fraction of sp³-hybridized carbons (Fsp3) is 0.0526. The van der Waals surface area contributed by atoms with Crippen molar-refractivity contribution < 1.29 is 9.53 Å². The lowest BCUT2D eigenvalue weighted by Crippen LogP contribution is -1.92. The van der Waals surface area contributed by atoms with Crippen LogP contribution in [0, 0.1) is 0 Å². The van der Waals surface area contributed by atoms with Crippen LogP contribution >= 0.6 is 11.6 Å². The van der Waals surface area contributed by atoms with Crippen molar-refractivity contribution >= 4 is 17.9 Å². The fourth-order valence-electron chi connectivity index (χ4n) is 2.30. The number of carbonyl (C=O) groups is 1. The second-order valence-electron chi connectivity index (χ2n) is 5.02. The van der Waals surface area contributed by atoms with E-state index in [0.29, 0.717) is 10.6 Å². The standard InChI is InChI=1S/C19H14ClNO2/c1-23-17-8-4-15(5-9-17)19-11-13(12-22)10-18(21-19)14-2-6-16(20)7-3-14/h2-12H,1H3. The van der Waals surface area contributed by atoms with E-state index in [-0.39, 0.29) is 0 Å². The Morgan fingerprint density at radius 1 is 0.913 bits per heavy atom. The van der Waals surface area contributed by atoms with E-state index >= 15 is 0 Å². The van der Waals surface area contributed by atoms with Crippen molar-refractivity contribution in [2.75, 3.05) is 7.11 Å². The number of rotatable bonds is 4. The van der Waals surface area contributed by atoms with E-state index < -0.39 is 0 Å². The third-order valence-corrected chi connectivity index (χ3v) is 3.76. The molecule has 1 heterocycles. The summed E-state index contributed by atoms with van der Waals surface area (Å²) in [5.74, 6) is 0.776. The number of hydrogen-bond acceptors (Lipinski definition) is 3. The minimum Gasteiger partial charge on any atom is -0.497 e. The lowest BCUT2D eigenvalue weighted by atomic mass is 10.1. The normalized spacial score (nSPS) is 10.3. The molecule has 0 amide bonds. The molecule has 0 bridgehead atoms. The first-order chi connectivity index (χ1) is 11.2. The smallest absolute Gasteiger partial charge is 0.150 e. The number of hydrogen-bond donors (Lipinski definition) is 0. The zero-order chi connectivity index (χ0) is 16.2. The second kappa shape index (κ2) is 6.63. The van der Waals surface area contributed by atoms with Crippen LogP contribution in [0.15, 0.2) is 60.7 Å². The van der Waals surface area contributed by atoms with E-state index in [1.165, 1.54) is 0 Å². The highest BCUT2D eigenvalue weighted by Crippen LogP contribution is 2.26. The van der Waals surface area contributed by atoms with Gasteiger partial charge in [-0.15, -0.1) is 0 Å². The molecule has 0 fully saturated rings. The maximum Gasteiger partial charge on any atom is 0.150 e. The van der Waals surface area contributed by atoms with Crippen molar-refractivity contribution in [1.29, 1.82) is 0 Å². The number of halogens is 1. The van der Waals surface area contributed by atoms with Crippen molar-refractivity contribution in [2.24, 2.45) is 0 Å². The number of ether oxygens (including phenoxy) is 1. The number of carbonyl (C=O) groups excluding carboxylic acids is 1. The predicted octanol–water partition coefficient (Wildman–Crippen LogP) is 4.89. The first-order valence-corrected chi connectivity index (χ1v) is 7.45. The molecule has 3 rings (SSSR count). The van der Waals surface area contributed by atoms with Gasteiger partial charge >= 0.3 is 0 Å². The van der Waals surface area contributed by atoms with E-state index in [0.717, 1.165) is 34.6 Å². The lowest BCUT2D eigenvalue weighted by Gasteiger charge is -2.08. The third-order valence-electron chi connectivity index (χ3n) is 3.51. The van der Waals surface area contributed by atoms with Gasteiger partial charge in [0, 0.05) is 21.7 Å².